The minimum atomic E-state index is -0.258. The molecule has 0 saturated heterocycles. The fraction of sp³-hybridized carbons (Fsp3) is 0.0833. The Balaban J connectivity index is 2.30. The number of nitrogens with two attached hydrogens (primary N) is 1. The van der Waals surface area contributed by atoms with Crippen LogP contribution >= 0.6 is 15.9 Å². The molecule has 0 saturated carbocycles. The number of hydrogen-bond donors (Lipinski definition) is 1. The van der Waals surface area contributed by atoms with Crippen LogP contribution in [-0.4, -0.2) is 4.98 Å². The summed E-state index contributed by atoms with van der Waals surface area (Å²) < 4.78 is 13.9. The number of nitrogens with zero attached hydrogens (tertiary/aromatic N) is 1. The summed E-state index contributed by atoms with van der Waals surface area (Å²) in [4.78, 5) is 3.99. The Hall–Kier alpha value is -1.42. The molecule has 0 bridgehead atoms. The average molecular weight is 281 g/mol. The van der Waals surface area contributed by atoms with Crippen LogP contribution in [0.5, 0.6) is 0 Å². The molecule has 0 amide bonds. The van der Waals surface area contributed by atoms with Gasteiger partial charge in [0.2, 0.25) is 0 Å². The number of benzene rings is 1. The van der Waals surface area contributed by atoms with Crippen molar-refractivity contribution in [3.63, 3.8) is 0 Å². The summed E-state index contributed by atoms with van der Waals surface area (Å²) in [5, 5.41) is 0. The highest BCUT2D eigenvalue weighted by atomic mass is 79.9. The Morgan fingerprint density at radius 3 is 2.81 bits per heavy atom. The average Bonchev–Trinajstić information content (AvgIpc) is 2.20. The first-order chi connectivity index (χ1) is 7.65. The maximum Gasteiger partial charge on any atom is 0.126 e. The molecule has 0 radical (unpaired) electrons. The maximum atomic E-state index is 13.2. The van der Waals surface area contributed by atoms with Crippen LogP contribution in [0.4, 0.5) is 10.2 Å². The minimum absolute atomic E-state index is 0.258. The van der Waals surface area contributed by atoms with Crippen LogP contribution in [0, 0.1) is 5.82 Å². The number of halogens is 2. The quantitative estimate of drug-likeness (QED) is 0.918. The monoisotopic (exact) mass is 280 g/mol. The van der Waals surface area contributed by atoms with Gasteiger partial charge in [-0.05, 0) is 35.4 Å². The lowest BCUT2D eigenvalue weighted by Gasteiger charge is -2.05. The van der Waals surface area contributed by atoms with E-state index >= 15 is 0 Å². The first kappa shape index (κ1) is 11.1. The van der Waals surface area contributed by atoms with Gasteiger partial charge < -0.3 is 5.73 Å². The fourth-order valence-electron chi connectivity index (χ4n) is 1.53. The highest BCUT2D eigenvalue weighted by Gasteiger charge is 2.03. The lowest BCUT2D eigenvalue weighted by atomic mass is 10.1. The van der Waals surface area contributed by atoms with Crippen molar-refractivity contribution in [2.24, 2.45) is 0 Å². The van der Waals surface area contributed by atoms with Gasteiger partial charge in [-0.3, -0.25) is 0 Å². The molecule has 2 aromatic rings. The van der Waals surface area contributed by atoms with E-state index in [1.54, 1.807) is 6.20 Å². The molecule has 2 rings (SSSR count). The van der Waals surface area contributed by atoms with Gasteiger partial charge in [0.1, 0.15) is 11.6 Å². The molecule has 0 aliphatic heterocycles. The molecular formula is C12H10BrFN2. The fourth-order valence-corrected chi connectivity index (χ4v) is 2.05. The SMILES string of the molecule is Nc1ncccc1Cc1cc(F)cc(Br)c1. The van der Waals surface area contributed by atoms with Crippen LogP contribution in [0.2, 0.25) is 0 Å². The van der Waals surface area contributed by atoms with Gasteiger partial charge in [-0.2, -0.15) is 0 Å². The molecule has 82 valence electrons. The van der Waals surface area contributed by atoms with E-state index in [-0.39, 0.29) is 5.82 Å². The largest absolute Gasteiger partial charge is 0.383 e. The number of rotatable bonds is 2. The number of nitrogen functional groups attached to an aromatic ring is 1. The summed E-state index contributed by atoms with van der Waals surface area (Å²) in [5.74, 6) is 0.231. The number of pyridine rings is 1. The third-order valence-corrected chi connectivity index (χ3v) is 2.70. The molecule has 1 aromatic carbocycles. The lowest BCUT2D eigenvalue weighted by Crippen LogP contribution is -1.98. The van der Waals surface area contributed by atoms with Crippen molar-refractivity contribution in [3.05, 3.63) is 57.9 Å². The zero-order valence-corrected chi connectivity index (χ0v) is 10.0. The van der Waals surface area contributed by atoms with Gasteiger partial charge in [0.25, 0.3) is 0 Å². The van der Waals surface area contributed by atoms with Crippen molar-refractivity contribution >= 4 is 21.7 Å². The summed E-state index contributed by atoms with van der Waals surface area (Å²) in [6.07, 6.45) is 2.22. The molecule has 0 atom stereocenters. The summed E-state index contributed by atoms with van der Waals surface area (Å²) in [5.41, 5.74) is 7.50. The Morgan fingerprint density at radius 1 is 1.31 bits per heavy atom. The molecule has 2 nitrogen and oxygen atoms in total. The lowest BCUT2D eigenvalue weighted by molar-refractivity contribution is 0.625. The predicted octanol–water partition coefficient (Wildman–Crippen LogP) is 3.16. The van der Waals surface area contributed by atoms with Gasteiger partial charge in [0, 0.05) is 17.1 Å². The first-order valence-corrected chi connectivity index (χ1v) is 5.59. The molecule has 0 aliphatic rings. The van der Waals surface area contributed by atoms with E-state index in [0.717, 1.165) is 15.6 Å². The highest BCUT2D eigenvalue weighted by Crippen LogP contribution is 2.19. The van der Waals surface area contributed by atoms with Crippen molar-refractivity contribution < 1.29 is 4.39 Å². The number of aromatic nitrogens is 1. The van der Waals surface area contributed by atoms with E-state index in [2.05, 4.69) is 20.9 Å². The van der Waals surface area contributed by atoms with Crippen LogP contribution in [0.15, 0.2) is 41.0 Å². The van der Waals surface area contributed by atoms with Crippen molar-refractivity contribution in [1.82, 2.24) is 4.98 Å². The molecule has 4 heteroatoms. The third-order valence-electron chi connectivity index (χ3n) is 2.24. The smallest absolute Gasteiger partial charge is 0.126 e. The van der Waals surface area contributed by atoms with E-state index in [0.29, 0.717) is 12.2 Å². The van der Waals surface area contributed by atoms with Crippen LogP contribution in [0.3, 0.4) is 0 Å². The molecule has 1 heterocycles. The Labute approximate surface area is 101 Å². The number of anilines is 1. The molecule has 0 aliphatic carbocycles. The minimum Gasteiger partial charge on any atom is -0.383 e. The Kier molecular flexibility index (Phi) is 3.19. The van der Waals surface area contributed by atoms with Gasteiger partial charge in [0.05, 0.1) is 0 Å². The van der Waals surface area contributed by atoms with Gasteiger partial charge in [-0.15, -0.1) is 0 Å². The predicted molar refractivity (Wildman–Crippen MR) is 65.6 cm³/mol. The first-order valence-electron chi connectivity index (χ1n) is 4.79. The van der Waals surface area contributed by atoms with E-state index in [4.69, 9.17) is 5.73 Å². The van der Waals surface area contributed by atoms with Crippen LogP contribution in [0.1, 0.15) is 11.1 Å². The van der Waals surface area contributed by atoms with E-state index in [9.17, 15) is 4.39 Å². The Bertz CT molecular complexity index is 494. The van der Waals surface area contributed by atoms with E-state index in [1.807, 2.05) is 18.2 Å². The summed E-state index contributed by atoms with van der Waals surface area (Å²) in [6.45, 7) is 0. The second-order valence-corrected chi connectivity index (χ2v) is 4.42. The van der Waals surface area contributed by atoms with Crippen LogP contribution < -0.4 is 5.73 Å². The van der Waals surface area contributed by atoms with E-state index in [1.165, 1.54) is 12.1 Å². The molecular weight excluding hydrogens is 271 g/mol. The second-order valence-electron chi connectivity index (χ2n) is 3.50. The van der Waals surface area contributed by atoms with Crippen molar-refractivity contribution in [2.75, 3.05) is 5.73 Å². The topological polar surface area (TPSA) is 38.9 Å². The van der Waals surface area contributed by atoms with Crippen molar-refractivity contribution in [1.29, 1.82) is 0 Å². The van der Waals surface area contributed by atoms with Gasteiger partial charge in [0.15, 0.2) is 0 Å². The molecule has 0 fully saturated rings. The zero-order chi connectivity index (χ0) is 11.5. The third kappa shape index (κ3) is 2.58. The molecule has 1 aromatic heterocycles. The molecule has 0 spiro atoms. The zero-order valence-electron chi connectivity index (χ0n) is 8.45. The van der Waals surface area contributed by atoms with Gasteiger partial charge >= 0.3 is 0 Å². The van der Waals surface area contributed by atoms with Gasteiger partial charge in [-0.1, -0.05) is 22.0 Å². The maximum absolute atomic E-state index is 13.2. The highest BCUT2D eigenvalue weighted by molar-refractivity contribution is 9.10. The summed E-state index contributed by atoms with van der Waals surface area (Å²) >= 11 is 3.26. The van der Waals surface area contributed by atoms with E-state index < -0.39 is 0 Å². The standard InChI is InChI=1S/C12H10BrFN2/c13-10-5-8(6-11(14)7-10)4-9-2-1-3-16-12(9)15/h1-3,5-7H,4H2,(H2,15,16). The second kappa shape index (κ2) is 4.61. The van der Waals surface area contributed by atoms with Crippen molar-refractivity contribution in [3.8, 4) is 0 Å². The molecule has 2 N–H and O–H groups in total. The normalized spacial score (nSPS) is 10.4. The molecule has 16 heavy (non-hydrogen) atoms. The van der Waals surface area contributed by atoms with Crippen LogP contribution in [0.25, 0.3) is 0 Å². The number of hydrogen-bond acceptors (Lipinski definition) is 2. The summed E-state index contributed by atoms with van der Waals surface area (Å²) in [7, 11) is 0. The van der Waals surface area contributed by atoms with Crippen LogP contribution in [-0.2, 0) is 6.42 Å². The van der Waals surface area contributed by atoms with Crippen molar-refractivity contribution in [2.45, 2.75) is 6.42 Å². The molecule has 0 unspecified atom stereocenters. The van der Waals surface area contributed by atoms with Gasteiger partial charge in [-0.25, -0.2) is 9.37 Å². The summed E-state index contributed by atoms with van der Waals surface area (Å²) in [6, 6.07) is 8.50. The Morgan fingerprint density at radius 2 is 2.12 bits per heavy atom.